The molecule has 0 aliphatic carbocycles. The first-order valence-corrected chi connectivity index (χ1v) is 8.12. The monoisotopic (exact) mass is 285 g/mol. The lowest BCUT2D eigenvalue weighted by Gasteiger charge is -2.39. The lowest BCUT2D eigenvalue weighted by molar-refractivity contribution is 0.0650. The van der Waals surface area contributed by atoms with Crippen LogP contribution >= 0.6 is 0 Å². The molecule has 5 heteroatoms. The van der Waals surface area contributed by atoms with Crippen molar-refractivity contribution in [3.05, 3.63) is 0 Å². The first kappa shape index (κ1) is 16.2. The van der Waals surface area contributed by atoms with Gasteiger partial charge in [-0.25, -0.2) is 0 Å². The Morgan fingerprint density at radius 3 is 2.55 bits per heavy atom. The molecule has 2 aliphatic rings. The molecule has 0 aromatic rings. The summed E-state index contributed by atoms with van der Waals surface area (Å²) in [6.07, 6.45) is 2.37. The second-order valence-electron chi connectivity index (χ2n) is 6.32. The predicted octanol–water partition coefficient (Wildman–Crippen LogP) is 0.00260. The average Bonchev–Trinajstić information content (AvgIpc) is 2.90. The van der Waals surface area contributed by atoms with Gasteiger partial charge in [0.1, 0.15) is 0 Å². The second-order valence-corrected chi connectivity index (χ2v) is 6.32. The Hall–Kier alpha value is -0.200. The van der Waals surface area contributed by atoms with E-state index >= 15 is 0 Å². The van der Waals surface area contributed by atoms with Crippen molar-refractivity contribution in [1.29, 1.82) is 0 Å². The molecule has 2 N–H and O–H groups in total. The number of β-amino-alcohol motifs (C(OH)–C–C–N with tert-alkyl or cyclic N) is 1. The maximum absolute atomic E-state index is 9.00. The number of aliphatic hydroxyl groups is 1. The zero-order valence-electron chi connectivity index (χ0n) is 12.9. The van der Waals surface area contributed by atoms with Gasteiger partial charge in [0.15, 0.2) is 0 Å². The van der Waals surface area contributed by atoms with Crippen molar-refractivity contribution in [1.82, 2.24) is 15.1 Å². The van der Waals surface area contributed by atoms with Crippen molar-refractivity contribution in [2.45, 2.75) is 19.8 Å². The molecule has 2 saturated heterocycles. The van der Waals surface area contributed by atoms with Gasteiger partial charge in [0, 0.05) is 57.8 Å². The van der Waals surface area contributed by atoms with Gasteiger partial charge in [0.2, 0.25) is 0 Å². The summed E-state index contributed by atoms with van der Waals surface area (Å²) in [6.45, 7) is 12.9. The summed E-state index contributed by atoms with van der Waals surface area (Å²) in [5.41, 5.74) is 0.314. The highest BCUT2D eigenvalue weighted by molar-refractivity contribution is 4.89. The summed E-state index contributed by atoms with van der Waals surface area (Å²) in [5, 5.41) is 12.6. The van der Waals surface area contributed by atoms with E-state index in [1.54, 1.807) is 0 Å². The summed E-state index contributed by atoms with van der Waals surface area (Å²) >= 11 is 0. The Morgan fingerprint density at radius 1 is 1.20 bits per heavy atom. The lowest BCUT2D eigenvalue weighted by Crippen LogP contribution is -2.52. The highest BCUT2D eigenvalue weighted by Crippen LogP contribution is 2.29. The molecule has 0 aromatic heterocycles. The van der Waals surface area contributed by atoms with Crippen LogP contribution in [-0.2, 0) is 4.74 Å². The SMILES string of the molecule is CCCNCC1(CN2CCN(CCO)CC2)CCOC1. The van der Waals surface area contributed by atoms with E-state index in [4.69, 9.17) is 9.84 Å². The molecule has 118 valence electrons. The molecule has 1 atom stereocenters. The number of hydrogen-bond acceptors (Lipinski definition) is 5. The van der Waals surface area contributed by atoms with Gasteiger partial charge in [-0.15, -0.1) is 0 Å². The first-order chi connectivity index (χ1) is 9.78. The van der Waals surface area contributed by atoms with E-state index in [1.165, 1.54) is 12.8 Å². The van der Waals surface area contributed by atoms with Gasteiger partial charge in [-0.1, -0.05) is 6.92 Å². The fourth-order valence-electron chi connectivity index (χ4n) is 3.29. The van der Waals surface area contributed by atoms with Gasteiger partial charge in [-0.05, 0) is 19.4 Å². The van der Waals surface area contributed by atoms with Crippen LogP contribution in [0.5, 0.6) is 0 Å². The number of nitrogens with one attached hydrogen (secondary N) is 1. The maximum atomic E-state index is 9.00. The van der Waals surface area contributed by atoms with Crippen molar-refractivity contribution in [2.24, 2.45) is 5.41 Å². The van der Waals surface area contributed by atoms with Gasteiger partial charge >= 0.3 is 0 Å². The Morgan fingerprint density at radius 2 is 1.95 bits per heavy atom. The third-order valence-corrected chi connectivity index (χ3v) is 4.55. The molecule has 0 aromatic carbocycles. The molecule has 0 saturated carbocycles. The number of rotatable bonds is 8. The Kier molecular flexibility index (Phi) is 6.71. The van der Waals surface area contributed by atoms with E-state index in [9.17, 15) is 0 Å². The molecular formula is C15H31N3O2. The quantitative estimate of drug-likeness (QED) is 0.615. The summed E-state index contributed by atoms with van der Waals surface area (Å²) in [7, 11) is 0. The molecule has 5 nitrogen and oxygen atoms in total. The van der Waals surface area contributed by atoms with E-state index in [-0.39, 0.29) is 6.61 Å². The van der Waals surface area contributed by atoms with Crippen LogP contribution in [0.1, 0.15) is 19.8 Å². The molecule has 1 unspecified atom stereocenters. The third-order valence-electron chi connectivity index (χ3n) is 4.55. The van der Waals surface area contributed by atoms with Gasteiger partial charge in [-0.3, -0.25) is 4.90 Å². The van der Waals surface area contributed by atoms with Gasteiger partial charge in [0.25, 0.3) is 0 Å². The highest BCUT2D eigenvalue weighted by atomic mass is 16.5. The molecular weight excluding hydrogens is 254 g/mol. The number of ether oxygens (including phenoxy) is 1. The fourth-order valence-corrected chi connectivity index (χ4v) is 3.29. The lowest BCUT2D eigenvalue weighted by atomic mass is 9.86. The minimum Gasteiger partial charge on any atom is -0.395 e. The average molecular weight is 285 g/mol. The third kappa shape index (κ3) is 4.67. The molecule has 0 amide bonds. The van der Waals surface area contributed by atoms with Crippen molar-refractivity contribution in [3.8, 4) is 0 Å². The molecule has 2 heterocycles. The van der Waals surface area contributed by atoms with Crippen LogP contribution in [0.2, 0.25) is 0 Å². The minimum absolute atomic E-state index is 0.277. The van der Waals surface area contributed by atoms with Crippen molar-refractivity contribution in [3.63, 3.8) is 0 Å². The van der Waals surface area contributed by atoms with E-state index in [0.717, 1.165) is 65.6 Å². The fraction of sp³-hybridized carbons (Fsp3) is 1.00. The summed E-state index contributed by atoms with van der Waals surface area (Å²) in [5.74, 6) is 0. The summed E-state index contributed by atoms with van der Waals surface area (Å²) in [6, 6.07) is 0. The number of aliphatic hydroxyl groups excluding tert-OH is 1. The molecule has 2 fully saturated rings. The normalized spacial score (nSPS) is 29.1. The van der Waals surface area contributed by atoms with Crippen LogP contribution in [0.3, 0.4) is 0 Å². The zero-order valence-corrected chi connectivity index (χ0v) is 12.9. The van der Waals surface area contributed by atoms with E-state index in [2.05, 4.69) is 22.0 Å². The zero-order chi connectivity index (χ0) is 14.3. The van der Waals surface area contributed by atoms with E-state index in [1.807, 2.05) is 0 Å². The molecule has 0 bridgehead atoms. The van der Waals surface area contributed by atoms with E-state index < -0.39 is 0 Å². The standard InChI is InChI=1S/C15H31N3O2/c1-2-4-16-12-15(3-11-20-14-15)13-18-7-5-17(6-8-18)9-10-19/h16,19H,2-14H2,1H3. The van der Waals surface area contributed by atoms with Gasteiger partial charge in [0.05, 0.1) is 13.2 Å². The van der Waals surface area contributed by atoms with Crippen LogP contribution in [0.25, 0.3) is 0 Å². The molecule has 20 heavy (non-hydrogen) atoms. The summed E-state index contributed by atoms with van der Waals surface area (Å²) < 4.78 is 5.68. The van der Waals surface area contributed by atoms with Crippen LogP contribution < -0.4 is 5.32 Å². The minimum atomic E-state index is 0.277. The largest absolute Gasteiger partial charge is 0.395 e. The predicted molar refractivity (Wildman–Crippen MR) is 81.0 cm³/mol. The Bertz CT molecular complexity index is 262. The van der Waals surface area contributed by atoms with Gasteiger partial charge < -0.3 is 20.1 Å². The number of hydrogen-bond donors (Lipinski definition) is 2. The van der Waals surface area contributed by atoms with Crippen LogP contribution in [-0.4, -0.2) is 87.1 Å². The number of nitrogens with zero attached hydrogens (tertiary/aromatic N) is 2. The van der Waals surface area contributed by atoms with Crippen LogP contribution in [0.15, 0.2) is 0 Å². The number of piperazine rings is 1. The second kappa shape index (κ2) is 8.29. The smallest absolute Gasteiger partial charge is 0.0558 e. The summed E-state index contributed by atoms with van der Waals surface area (Å²) in [4.78, 5) is 4.93. The topological polar surface area (TPSA) is 48.0 Å². The van der Waals surface area contributed by atoms with Crippen molar-refractivity contribution >= 4 is 0 Å². The molecule has 0 spiro atoms. The van der Waals surface area contributed by atoms with E-state index in [0.29, 0.717) is 5.41 Å². The first-order valence-electron chi connectivity index (χ1n) is 8.12. The van der Waals surface area contributed by atoms with Crippen molar-refractivity contribution < 1.29 is 9.84 Å². The van der Waals surface area contributed by atoms with Crippen LogP contribution in [0, 0.1) is 5.41 Å². The molecule has 2 aliphatic heterocycles. The Balaban J connectivity index is 1.77. The molecule has 0 radical (unpaired) electrons. The highest BCUT2D eigenvalue weighted by Gasteiger charge is 2.36. The Labute approximate surface area is 123 Å². The van der Waals surface area contributed by atoms with Crippen molar-refractivity contribution in [2.75, 3.05) is 72.2 Å². The van der Waals surface area contributed by atoms with Crippen LogP contribution in [0.4, 0.5) is 0 Å². The van der Waals surface area contributed by atoms with Gasteiger partial charge in [-0.2, -0.15) is 0 Å². The maximum Gasteiger partial charge on any atom is 0.0558 e. The molecule has 2 rings (SSSR count).